The van der Waals surface area contributed by atoms with Gasteiger partial charge in [0.15, 0.2) is 0 Å². The minimum absolute atomic E-state index is 0.822. The molecule has 0 aliphatic carbocycles. The molecule has 13 heavy (non-hydrogen) atoms. The number of benzene rings is 1. The molecule has 0 saturated heterocycles. The quantitative estimate of drug-likeness (QED) is 0.542. The van der Waals surface area contributed by atoms with Crippen molar-refractivity contribution >= 4 is 13.3 Å². The molecule has 0 spiro atoms. The monoisotopic (exact) mass is 167 g/mol. The number of hydrogen-bond acceptors (Lipinski definition) is 1. The molecule has 2 rings (SSSR count). The van der Waals surface area contributed by atoms with E-state index in [0.717, 1.165) is 5.46 Å². The van der Waals surface area contributed by atoms with Gasteiger partial charge in [0.1, 0.15) is 7.85 Å². The molecule has 0 aliphatic heterocycles. The maximum Gasteiger partial charge on any atom is 0.113 e. The van der Waals surface area contributed by atoms with Crippen molar-refractivity contribution in [2.75, 3.05) is 0 Å². The summed E-state index contributed by atoms with van der Waals surface area (Å²) in [6, 6.07) is 15.2. The molecule has 1 aromatic heterocycles. The third-order valence-electron chi connectivity index (χ3n) is 1.37. The number of pyridine rings is 1. The molecule has 2 aromatic rings. The van der Waals surface area contributed by atoms with Crippen molar-refractivity contribution < 1.29 is 0 Å². The summed E-state index contributed by atoms with van der Waals surface area (Å²) in [7, 11) is 5.36. The number of aromatic nitrogens is 1. The van der Waals surface area contributed by atoms with E-state index in [2.05, 4.69) is 4.98 Å². The van der Waals surface area contributed by atoms with Crippen LogP contribution in [0.3, 0.4) is 0 Å². The summed E-state index contributed by atoms with van der Waals surface area (Å²) in [6.45, 7) is 0. The standard InChI is InChI=1S/C6H5B.C5H5N/c7-6-4-2-1-3-5-6;1-2-4-6-5-3-1/h1-5H;1-5H. The van der Waals surface area contributed by atoms with Gasteiger partial charge in [-0.25, -0.2) is 0 Å². The first-order valence-electron chi connectivity index (χ1n) is 4.05. The Hall–Kier alpha value is -1.57. The van der Waals surface area contributed by atoms with Gasteiger partial charge >= 0.3 is 0 Å². The van der Waals surface area contributed by atoms with E-state index in [4.69, 9.17) is 7.85 Å². The molecule has 2 radical (unpaired) electrons. The topological polar surface area (TPSA) is 12.9 Å². The number of nitrogens with zero attached hydrogens (tertiary/aromatic N) is 1. The lowest BCUT2D eigenvalue weighted by atomic mass is 9.97. The lowest BCUT2D eigenvalue weighted by Gasteiger charge is -1.83. The Morgan fingerprint density at radius 3 is 1.54 bits per heavy atom. The maximum atomic E-state index is 5.36. The molecule has 0 amide bonds. The third-order valence-corrected chi connectivity index (χ3v) is 1.37. The summed E-state index contributed by atoms with van der Waals surface area (Å²) in [5.41, 5.74) is 0.822. The van der Waals surface area contributed by atoms with Crippen molar-refractivity contribution in [1.82, 2.24) is 4.98 Å². The first-order chi connectivity index (χ1) is 6.39. The Labute approximate surface area is 79.9 Å². The lowest BCUT2D eigenvalue weighted by molar-refractivity contribution is 1.33. The molecule has 0 N–H and O–H groups in total. The smallest absolute Gasteiger partial charge is 0.113 e. The molecule has 0 atom stereocenters. The molecular weight excluding hydrogens is 157 g/mol. The van der Waals surface area contributed by atoms with Gasteiger partial charge in [0.05, 0.1) is 0 Å². The Balaban J connectivity index is 0.000000132. The van der Waals surface area contributed by atoms with Gasteiger partial charge in [0, 0.05) is 12.4 Å². The van der Waals surface area contributed by atoms with Crippen LogP contribution in [0, 0.1) is 0 Å². The van der Waals surface area contributed by atoms with Crippen LogP contribution in [0.15, 0.2) is 60.9 Å². The van der Waals surface area contributed by atoms with Crippen LogP contribution < -0.4 is 5.46 Å². The van der Waals surface area contributed by atoms with Crippen LogP contribution >= 0.6 is 0 Å². The summed E-state index contributed by atoms with van der Waals surface area (Å²) in [5, 5.41) is 0. The summed E-state index contributed by atoms with van der Waals surface area (Å²) >= 11 is 0. The van der Waals surface area contributed by atoms with Gasteiger partial charge in [0.25, 0.3) is 0 Å². The van der Waals surface area contributed by atoms with Crippen molar-refractivity contribution in [1.29, 1.82) is 0 Å². The second-order valence-corrected chi connectivity index (χ2v) is 2.44. The van der Waals surface area contributed by atoms with Crippen molar-refractivity contribution in [3.05, 3.63) is 60.9 Å². The maximum absolute atomic E-state index is 5.36. The van der Waals surface area contributed by atoms with Gasteiger partial charge in [-0.05, 0) is 12.1 Å². The van der Waals surface area contributed by atoms with E-state index in [0.29, 0.717) is 0 Å². The summed E-state index contributed by atoms with van der Waals surface area (Å²) in [4.78, 5) is 3.78. The Kier molecular flexibility index (Phi) is 4.40. The number of hydrogen-bond donors (Lipinski definition) is 0. The fourth-order valence-electron chi connectivity index (χ4n) is 0.766. The van der Waals surface area contributed by atoms with Gasteiger partial charge in [0.2, 0.25) is 0 Å². The van der Waals surface area contributed by atoms with Crippen LogP contribution in [0.2, 0.25) is 0 Å². The molecule has 0 unspecified atom stereocenters. The molecule has 62 valence electrons. The van der Waals surface area contributed by atoms with E-state index in [1.54, 1.807) is 12.4 Å². The van der Waals surface area contributed by atoms with Crippen molar-refractivity contribution in [3.63, 3.8) is 0 Å². The van der Waals surface area contributed by atoms with Gasteiger partial charge in [-0.2, -0.15) is 0 Å². The lowest BCUT2D eigenvalue weighted by Crippen LogP contribution is -1.97. The average Bonchev–Trinajstić information content (AvgIpc) is 2.22. The zero-order chi connectivity index (χ0) is 9.36. The third kappa shape index (κ3) is 4.80. The summed E-state index contributed by atoms with van der Waals surface area (Å²) in [6.07, 6.45) is 3.50. The van der Waals surface area contributed by atoms with Gasteiger partial charge in [-0.3, -0.25) is 4.98 Å². The largest absolute Gasteiger partial charge is 0.265 e. The minimum Gasteiger partial charge on any atom is -0.265 e. The highest BCUT2D eigenvalue weighted by Gasteiger charge is 1.71. The van der Waals surface area contributed by atoms with E-state index in [1.165, 1.54) is 0 Å². The average molecular weight is 167 g/mol. The Morgan fingerprint density at radius 2 is 1.31 bits per heavy atom. The summed E-state index contributed by atoms with van der Waals surface area (Å²) < 4.78 is 0. The second-order valence-electron chi connectivity index (χ2n) is 2.44. The van der Waals surface area contributed by atoms with Crippen LogP contribution in [0.5, 0.6) is 0 Å². The first kappa shape index (κ1) is 9.52. The van der Waals surface area contributed by atoms with Crippen LogP contribution in [0.4, 0.5) is 0 Å². The van der Waals surface area contributed by atoms with Gasteiger partial charge in [-0.15, -0.1) is 0 Å². The zero-order valence-corrected chi connectivity index (χ0v) is 7.30. The zero-order valence-electron chi connectivity index (χ0n) is 7.30. The normalized spacial score (nSPS) is 8.31. The molecule has 1 heterocycles. The minimum atomic E-state index is 0.822. The van der Waals surface area contributed by atoms with E-state index in [9.17, 15) is 0 Å². The highest BCUT2D eigenvalue weighted by molar-refractivity contribution is 6.32. The van der Waals surface area contributed by atoms with E-state index in [-0.39, 0.29) is 0 Å². The molecular formula is C11H10BN. The molecule has 0 fully saturated rings. The van der Waals surface area contributed by atoms with Crippen LogP contribution in [0.1, 0.15) is 0 Å². The molecule has 0 bridgehead atoms. The predicted octanol–water partition coefficient (Wildman–Crippen LogP) is 1.56. The van der Waals surface area contributed by atoms with Crippen molar-refractivity contribution in [3.8, 4) is 0 Å². The highest BCUT2D eigenvalue weighted by Crippen LogP contribution is 1.76. The molecule has 1 aromatic carbocycles. The van der Waals surface area contributed by atoms with E-state index in [1.807, 2.05) is 48.5 Å². The molecule has 1 nitrogen and oxygen atoms in total. The summed E-state index contributed by atoms with van der Waals surface area (Å²) in [5.74, 6) is 0. The predicted molar refractivity (Wildman–Crippen MR) is 56.1 cm³/mol. The van der Waals surface area contributed by atoms with Crippen LogP contribution in [0.25, 0.3) is 0 Å². The number of rotatable bonds is 0. The fourth-order valence-corrected chi connectivity index (χ4v) is 0.766. The Morgan fingerprint density at radius 1 is 0.769 bits per heavy atom. The highest BCUT2D eigenvalue weighted by atomic mass is 14.6. The molecule has 0 aliphatic rings. The van der Waals surface area contributed by atoms with Crippen molar-refractivity contribution in [2.24, 2.45) is 0 Å². The molecule has 2 heteroatoms. The van der Waals surface area contributed by atoms with Crippen LogP contribution in [-0.4, -0.2) is 12.8 Å². The van der Waals surface area contributed by atoms with Crippen LogP contribution in [-0.2, 0) is 0 Å². The SMILES string of the molecule is [B]c1ccccc1.c1ccncc1. The van der Waals surface area contributed by atoms with Gasteiger partial charge in [-0.1, -0.05) is 41.9 Å². The second kappa shape index (κ2) is 6.01. The van der Waals surface area contributed by atoms with Crippen molar-refractivity contribution in [2.45, 2.75) is 0 Å². The fraction of sp³-hybridized carbons (Fsp3) is 0. The van der Waals surface area contributed by atoms with Gasteiger partial charge < -0.3 is 0 Å². The molecule has 0 saturated carbocycles. The van der Waals surface area contributed by atoms with E-state index >= 15 is 0 Å². The first-order valence-corrected chi connectivity index (χ1v) is 4.05. The Bertz CT molecular complexity index is 281. The van der Waals surface area contributed by atoms with E-state index < -0.39 is 0 Å².